The monoisotopic (exact) mass is 634 g/mol. The normalized spacial score (nSPS) is 48.8. The summed E-state index contributed by atoms with van der Waals surface area (Å²) in [5.74, 6) is 1.90. The summed E-state index contributed by atoms with van der Waals surface area (Å²) in [6.45, 7) is 17.6. The fourth-order valence-corrected chi connectivity index (χ4v) is 11.2. The van der Waals surface area contributed by atoms with Gasteiger partial charge >= 0.3 is 0 Å². The van der Waals surface area contributed by atoms with Crippen LogP contribution in [0.2, 0.25) is 0 Å². The molecule has 1 heterocycles. The Labute approximate surface area is 271 Å². The highest BCUT2D eigenvalue weighted by Crippen LogP contribution is 2.75. The summed E-state index contributed by atoms with van der Waals surface area (Å²) in [5, 5.41) is 51.3. The Kier molecular flexibility index (Phi) is 9.65. The van der Waals surface area contributed by atoms with Crippen molar-refractivity contribution < 1.29 is 39.7 Å². The van der Waals surface area contributed by atoms with Gasteiger partial charge in [0.25, 0.3) is 0 Å². The Morgan fingerprint density at radius 3 is 2.29 bits per heavy atom. The van der Waals surface area contributed by atoms with Crippen molar-refractivity contribution in [1.29, 1.82) is 0 Å². The van der Waals surface area contributed by atoms with Gasteiger partial charge in [-0.3, -0.25) is 0 Å². The Hall–Kier alpha value is -0.840. The van der Waals surface area contributed by atoms with Crippen LogP contribution >= 0.6 is 0 Å². The summed E-state index contributed by atoms with van der Waals surface area (Å²) in [6.07, 6.45) is 7.25. The van der Waals surface area contributed by atoms with Crippen molar-refractivity contribution in [2.75, 3.05) is 13.7 Å². The van der Waals surface area contributed by atoms with Crippen molar-refractivity contribution in [1.82, 2.24) is 0 Å². The van der Waals surface area contributed by atoms with Gasteiger partial charge in [-0.1, -0.05) is 65.3 Å². The van der Waals surface area contributed by atoms with E-state index in [1.54, 1.807) is 0 Å². The van der Waals surface area contributed by atoms with Crippen LogP contribution in [0.4, 0.5) is 0 Å². The van der Waals surface area contributed by atoms with Crippen molar-refractivity contribution >= 4 is 0 Å². The lowest BCUT2D eigenvalue weighted by molar-refractivity contribution is -0.320. The largest absolute Gasteiger partial charge is 0.394 e. The minimum atomic E-state index is -1.46. The van der Waals surface area contributed by atoms with Gasteiger partial charge in [0.1, 0.15) is 24.4 Å². The van der Waals surface area contributed by atoms with Crippen LogP contribution in [0.5, 0.6) is 0 Å². The summed E-state index contributed by atoms with van der Waals surface area (Å²) in [4.78, 5) is 0. The standard InChI is InChI=1S/C37H62O8/c1-21(11-10-15-33(2,3)42)22-14-16-37(8)31-25(43-9)19-24-23(35(31,6)17-18-36(22,37)7)12-13-27(34(24,4)5)45-32-30(41)29(40)28(39)26(20-38)44-32/h10,15,19,21-23,25-32,38-42H,11-14,16-18,20H2,1-9H3. The summed E-state index contributed by atoms with van der Waals surface area (Å²) in [7, 11) is 1.85. The molecule has 0 bridgehead atoms. The molecule has 3 saturated carbocycles. The summed E-state index contributed by atoms with van der Waals surface area (Å²) in [5.41, 5.74) is 0.554. The quantitative estimate of drug-likeness (QED) is 0.242. The first-order valence-corrected chi connectivity index (χ1v) is 17.5. The van der Waals surface area contributed by atoms with Crippen LogP contribution in [0.15, 0.2) is 23.8 Å². The Morgan fingerprint density at radius 2 is 1.67 bits per heavy atom. The van der Waals surface area contributed by atoms with Crippen LogP contribution in [0.25, 0.3) is 0 Å². The molecular weight excluding hydrogens is 572 g/mol. The second-order valence-corrected chi connectivity index (χ2v) is 17.2. The zero-order valence-electron chi connectivity index (χ0n) is 29.2. The number of hydrogen-bond donors (Lipinski definition) is 5. The zero-order valence-corrected chi connectivity index (χ0v) is 29.2. The van der Waals surface area contributed by atoms with E-state index in [-0.39, 0.29) is 33.9 Å². The summed E-state index contributed by atoms with van der Waals surface area (Å²) >= 11 is 0. The molecule has 5 aliphatic rings. The maximum atomic E-state index is 10.7. The van der Waals surface area contributed by atoms with Crippen LogP contribution in [-0.4, -0.2) is 87.8 Å². The second-order valence-electron chi connectivity index (χ2n) is 17.2. The Morgan fingerprint density at radius 1 is 0.978 bits per heavy atom. The molecule has 0 amide bonds. The van der Waals surface area contributed by atoms with E-state index in [0.29, 0.717) is 23.7 Å². The lowest BCUT2D eigenvalue weighted by atomic mass is 9.38. The lowest BCUT2D eigenvalue weighted by Crippen LogP contribution is -2.64. The van der Waals surface area contributed by atoms with E-state index in [9.17, 15) is 25.5 Å². The molecule has 5 N–H and O–H groups in total. The van der Waals surface area contributed by atoms with Gasteiger partial charge in [0.05, 0.1) is 24.4 Å². The van der Waals surface area contributed by atoms with Crippen molar-refractivity contribution in [2.45, 2.75) is 149 Å². The van der Waals surface area contributed by atoms with E-state index >= 15 is 0 Å². The third-order valence-corrected chi connectivity index (χ3v) is 13.9. The first-order valence-electron chi connectivity index (χ1n) is 17.5. The molecule has 0 aromatic carbocycles. The van der Waals surface area contributed by atoms with Crippen molar-refractivity contribution in [3.63, 3.8) is 0 Å². The van der Waals surface area contributed by atoms with Gasteiger partial charge in [-0.2, -0.15) is 0 Å². The number of aliphatic hydroxyl groups excluding tert-OH is 4. The maximum absolute atomic E-state index is 10.7. The fourth-order valence-electron chi connectivity index (χ4n) is 11.2. The summed E-state index contributed by atoms with van der Waals surface area (Å²) < 4.78 is 18.6. The zero-order chi connectivity index (χ0) is 33.3. The molecule has 1 aliphatic heterocycles. The first kappa shape index (κ1) is 35.5. The van der Waals surface area contributed by atoms with E-state index in [1.165, 1.54) is 24.8 Å². The molecular formula is C37H62O8. The molecule has 4 aliphatic carbocycles. The minimum Gasteiger partial charge on any atom is -0.394 e. The van der Waals surface area contributed by atoms with Crippen molar-refractivity contribution in [3.8, 4) is 0 Å². The van der Waals surface area contributed by atoms with E-state index in [1.807, 2.05) is 27.0 Å². The lowest BCUT2D eigenvalue weighted by Gasteiger charge is -2.67. The number of hydrogen-bond acceptors (Lipinski definition) is 8. The van der Waals surface area contributed by atoms with Gasteiger partial charge in [-0.25, -0.2) is 0 Å². The second kappa shape index (κ2) is 12.2. The molecule has 0 aromatic heterocycles. The van der Waals surface area contributed by atoms with Gasteiger partial charge in [0, 0.05) is 18.4 Å². The van der Waals surface area contributed by atoms with Gasteiger partial charge in [0.15, 0.2) is 6.29 Å². The van der Waals surface area contributed by atoms with E-state index in [2.05, 4.69) is 53.7 Å². The average Bonchev–Trinajstić information content (AvgIpc) is 3.24. The van der Waals surface area contributed by atoms with Gasteiger partial charge < -0.3 is 39.7 Å². The number of allylic oxidation sites excluding steroid dienone is 1. The predicted molar refractivity (Wildman–Crippen MR) is 173 cm³/mol. The Bertz CT molecular complexity index is 1130. The van der Waals surface area contributed by atoms with E-state index in [0.717, 1.165) is 25.7 Å². The molecule has 8 nitrogen and oxygen atoms in total. The summed E-state index contributed by atoms with van der Waals surface area (Å²) in [6, 6.07) is 0. The number of fused-ring (bicyclic) bond motifs is 5. The molecule has 0 aromatic rings. The number of methoxy groups -OCH3 is 1. The predicted octanol–water partition coefficient (Wildman–Crippen LogP) is 4.75. The number of aliphatic hydroxyl groups is 5. The third kappa shape index (κ3) is 5.71. The minimum absolute atomic E-state index is 0.0275. The van der Waals surface area contributed by atoms with Crippen LogP contribution in [0.3, 0.4) is 0 Å². The van der Waals surface area contributed by atoms with Crippen LogP contribution in [0.1, 0.15) is 100 Å². The molecule has 0 radical (unpaired) electrons. The van der Waals surface area contributed by atoms with Gasteiger partial charge in [-0.15, -0.1) is 0 Å². The van der Waals surface area contributed by atoms with Gasteiger partial charge in [-0.05, 0) is 92.8 Å². The van der Waals surface area contributed by atoms with Crippen LogP contribution < -0.4 is 0 Å². The molecule has 8 heteroatoms. The molecule has 258 valence electrons. The number of rotatable bonds is 8. The van der Waals surface area contributed by atoms with E-state index in [4.69, 9.17) is 14.2 Å². The molecule has 14 atom stereocenters. The fraction of sp³-hybridized carbons (Fsp3) is 0.892. The molecule has 4 fully saturated rings. The SMILES string of the molecule is COC1C=C2C(CCC(OC3OC(CO)C(O)C(O)C3O)C2(C)C)C2(C)CCC3(C)C(C(C)CC=CC(C)(C)O)CCC3(C)C12. The average molecular weight is 635 g/mol. The maximum Gasteiger partial charge on any atom is 0.187 e. The highest BCUT2D eigenvalue weighted by molar-refractivity contribution is 5.33. The topological polar surface area (TPSA) is 129 Å². The smallest absolute Gasteiger partial charge is 0.187 e. The molecule has 5 rings (SSSR count). The number of ether oxygens (including phenoxy) is 3. The Balaban J connectivity index is 1.42. The van der Waals surface area contributed by atoms with Crippen LogP contribution in [-0.2, 0) is 14.2 Å². The van der Waals surface area contributed by atoms with Crippen LogP contribution in [0, 0.1) is 45.3 Å². The molecule has 0 spiro atoms. The molecule has 14 unspecified atom stereocenters. The molecule has 45 heavy (non-hydrogen) atoms. The third-order valence-electron chi connectivity index (χ3n) is 13.9. The highest BCUT2D eigenvalue weighted by Gasteiger charge is 2.69. The van der Waals surface area contributed by atoms with E-state index < -0.39 is 42.9 Å². The van der Waals surface area contributed by atoms with Crippen molar-refractivity contribution in [3.05, 3.63) is 23.8 Å². The molecule has 1 saturated heterocycles. The van der Waals surface area contributed by atoms with Gasteiger partial charge in [0.2, 0.25) is 0 Å². The first-order chi connectivity index (χ1) is 20.9. The van der Waals surface area contributed by atoms with Crippen molar-refractivity contribution in [2.24, 2.45) is 45.3 Å². The highest BCUT2D eigenvalue weighted by atomic mass is 16.7.